The summed E-state index contributed by atoms with van der Waals surface area (Å²) in [7, 11) is 0. The van der Waals surface area contributed by atoms with E-state index in [0.717, 1.165) is 0 Å². The van der Waals surface area contributed by atoms with Gasteiger partial charge in [0.05, 0.1) is 10.9 Å². The van der Waals surface area contributed by atoms with Crippen molar-refractivity contribution in [2.45, 2.75) is 0 Å². The fraction of sp³-hybridized carbons (Fsp3) is 0. The minimum Gasteiger partial charge on any atom is -0.264 e. The Bertz CT molecular complexity index is 355. The van der Waals surface area contributed by atoms with E-state index < -0.39 is 5.95 Å². The maximum absolute atomic E-state index is 12.6. The van der Waals surface area contributed by atoms with Gasteiger partial charge in [0.2, 0.25) is 5.95 Å². The SMILES string of the molecule is Fc1[nH]nc2ccncc12. The number of H-pyrrole nitrogens is 1. The van der Waals surface area contributed by atoms with E-state index in [0.29, 0.717) is 10.9 Å². The first kappa shape index (κ1) is 5.34. The number of rotatable bonds is 0. The topological polar surface area (TPSA) is 41.6 Å². The lowest BCUT2D eigenvalue weighted by Gasteiger charge is -1.81. The van der Waals surface area contributed by atoms with Crippen LogP contribution in [0.4, 0.5) is 4.39 Å². The maximum Gasteiger partial charge on any atom is 0.218 e. The van der Waals surface area contributed by atoms with E-state index in [2.05, 4.69) is 15.2 Å². The van der Waals surface area contributed by atoms with Gasteiger partial charge in [-0.05, 0) is 6.07 Å². The van der Waals surface area contributed by atoms with E-state index >= 15 is 0 Å². The number of hydrogen-bond acceptors (Lipinski definition) is 2. The van der Waals surface area contributed by atoms with Crippen molar-refractivity contribution in [3.8, 4) is 0 Å². The molecule has 0 atom stereocenters. The second kappa shape index (κ2) is 1.76. The van der Waals surface area contributed by atoms with Crippen LogP contribution in [0.3, 0.4) is 0 Å². The van der Waals surface area contributed by atoms with Crippen LogP contribution in [-0.4, -0.2) is 15.2 Å². The Hall–Kier alpha value is -1.45. The number of nitrogens with one attached hydrogen (secondary N) is 1. The second-order valence-corrected chi connectivity index (χ2v) is 1.93. The highest BCUT2D eigenvalue weighted by atomic mass is 19.1. The first-order chi connectivity index (χ1) is 4.88. The van der Waals surface area contributed by atoms with Gasteiger partial charge in [0.1, 0.15) is 0 Å². The van der Waals surface area contributed by atoms with E-state index in [4.69, 9.17) is 0 Å². The zero-order valence-corrected chi connectivity index (χ0v) is 5.00. The molecule has 3 nitrogen and oxygen atoms in total. The van der Waals surface area contributed by atoms with Crippen molar-refractivity contribution in [3.05, 3.63) is 24.4 Å². The van der Waals surface area contributed by atoms with Crippen molar-refractivity contribution >= 4 is 10.9 Å². The van der Waals surface area contributed by atoms with Crippen LogP contribution in [0.2, 0.25) is 0 Å². The van der Waals surface area contributed by atoms with Crippen molar-refractivity contribution in [1.29, 1.82) is 0 Å². The van der Waals surface area contributed by atoms with E-state index in [-0.39, 0.29) is 0 Å². The van der Waals surface area contributed by atoms with E-state index in [1.165, 1.54) is 6.20 Å². The number of pyridine rings is 1. The van der Waals surface area contributed by atoms with Crippen LogP contribution in [0, 0.1) is 5.95 Å². The largest absolute Gasteiger partial charge is 0.264 e. The Morgan fingerprint density at radius 2 is 2.40 bits per heavy atom. The molecule has 2 aromatic rings. The van der Waals surface area contributed by atoms with Gasteiger partial charge >= 0.3 is 0 Å². The highest BCUT2D eigenvalue weighted by molar-refractivity contribution is 5.76. The average Bonchev–Trinajstić information content (AvgIpc) is 2.34. The molecule has 0 aliphatic carbocycles. The van der Waals surface area contributed by atoms with Gasteiger partial charge in [0.25, 0.3) is 0 Å². The monoisotopic (exact) mass is 137 g/mol. The average molecular weight is 137 g/mol. The summed E-state index contributed by atoms with van der Waals surface area (Å²) < 4.78 is 12.6. The standard InChI is InChI=1S/C6H4FN3/c7-6-4-3-8-2-1-5(4)9-10-6/h1-3H,(H,9,10). The number of fused-ring (bicyclic) bond motifs is 1. The quantitative estimate of drug-likeness (QED) is 0.590. The third-order valence-corrected chi connectivity index (χ3v) is 1.31. The molecule has 0 aliphatic heterocycles. The molecule has 2 rings (SSSR count). The van der Waals surface area contributed by atoms with Gasteiger partial charge < -0.3 is 0 Å². The van der Waals surface area contributed by atoms with Gasteiger partial charge in [-0.3, -0.25) is 10.1 Å². The van der Waals surface area contributed by atoms with Crippen molar-refractivity contribution in [1.82, 2.24) is 15.2 Å². The molecular formula is C6H4FN3. The molecule has 0 saturated heterocycles. The van der Waals surface area contributed by atoms with E-state index in [1.807, 2.05) is 0 Å². The van der Waals surface area contributed by atoms with Crippen molar-refractivity contribution in [2.24, 2.45) is 0 Å². The summed E-state index contributed by atoms with van der Waals surface area (Å²) in [6.07, 6.45) is 3.01. The van der Waals surface area contributed by atoms with Crippen LogP contribution in [0.15, 0.2) is 18.5 Å². The number of nitrogens with zero attached hydrogens (tertiary/aromatic N) is 2. The minimum atomic E-state index is -0.428. The summed E-state index contributed by atoms with van der Waals surface area (Å²) in [6, 6.07) is 1.65. The van der Waals surface area contributed by atoms with Gasteiger partial charge in [-0.25, -0.2) is 0 Å². The molecule has 0 saturated carbocycles. The van der Waals surface area contributed by atoms with E-state index in [9.17, 15) is 4.39 Å². The number of aromatic nitrogens is 3. The van der Waals surface area contributed by atoms with E-state index in [1.54, 1.807) is 12.3 Å². The van der Waals surface area contributed by atoms with Crippen LogP contribution in [0.5, 0.6) is 0 Å². The van der Waals surface area contributed by atoms with Gasteiger partial charge in [-0.1, -0.05) is 0 Å². The first-order valence-electron chi connectivity index (χ1n) is 2.81. The molecule has 0 bridgehead atoms. The molecule has 0 amide bonds. The fourth-order valence-electron chi connectivity index (χ4n) is 0.823. The highest BCUT2D eigenvalue weighted by Crippen LogP contribution is 2.10. The molecular weight excluding hydrogens is 133 g/mol. The number of halogens is 1. The summed E-state index contributed by atoms with van der Waals surface area (Å²) in [5.41, 5.74) is 0.604. The summed E-state index contributed by atoms with van der Waals surface area (Å²) in [4.78, 5) is 3.75. The fourth-order valence-corrected chi connectivity index (χ4v) is 0.823. The number of aromatic amines is 1. The Balaban J connectivity index is 2.93. The molecule has 0 unspecified atom stereocenters. The zero-order valence-electron chi connectivity index (χ0n) is 5.00. The van der Waals surface area contributed by atoms with Gasteiger partial charge in [-0.2, -0.15) is 9.49 Å². The smallest absolute Gasteiger partial charge is 0.218 e. The van der Waals surface area contributed by atoms with Crippen molar-refractivity contribution in [2.75, 3.05) is 0 Å². The van der Waals surface area contributed by atoms with Crippen LogP contribution in [0.1, 0.15) is 0 Å². The Morgan fingerprint density at radius 1 is 1.50 bits per heavy atom. The maximum atomic E-state index is 12.6. The molecule has 0 radical (unpaired) electrons. The Labute approximate surface area is 55.9 Å². The Morgan fingerprint density at radius 3 is 3.20 bits per heavy atom. The number of hydrogen-bond donors (Lipinski definition) is 1. The minimum absolute atomic E-state index is 0.428. The third-order valence-electron chi connectivity index (χ3n) is 1.31. The van der Waals surface area contributed by atoms with Gasteiger partial charge in [0.15, 0.2) is 0 Å². The molecule has 4 heteroatoms. The van der Waals surface area contributed by atoms with Crippen molar-refractivity contribution < 1.29 is 4.39 Å². The molecule has 0 aliphatic rings. The Kier molecular flexibility index (Phi) is 0.943. The highest BCUT2D eigenvalue weighted by Gasteiger charge is 2.00. The van der Waals surface area contributed by atoms with Crippen LogP contribution in [0.25, 0.3) is 10.9 Å². The lowest BCUT2D eigenvalue weighted by Crippen LogP contribution is -1.71. The summed E-state index contributed by atoms with van der Waals surface area (Å²) in [6.45, 7) is 0. The summed E-state index contributed by atoms with van der Waals surface area (Å²) >= 11 is 0. The summed E-state index contributed by atoms with van der Waals surface area (Å²) in [5.74, 6) is -0.428. The summed E-state index contributed by atoms with van der Waals surface area (Å²) in [5, 5.41) is 6.33. The molecule has 2 heterocycles. The molecule has 0 spiro atoms. The predicted molar refractivity (Wildman–Crippen MR) is 33.8 cm³/mol. The normalized spacial score (nSPS) is 10.5. The molecule has 0 aromatic carbocycles. The molecule has 50 valence electrons. The second-order valence-electron chi connectivity index (χ2n) is 1.93. The van der Waals surface area contributed by atoms with Gasteiger partial charge in [-0.15, -0.1) is 0 Å². The molecule has 1 N–H and O–H groups in total. The molecule has 0 fully saturated rings. The molecule has 2 aromatic heterocycles. The van der Waals surface area contributed by atoms with Crippen molar-refractivity contribution in [3.63, 3.8) is 0 Å². The molecule has 10 heavy (non-hydrogen) atoms. The lowest BCUT2D eigenvalue weighted by atomic mass is 10.3. The predicted octanol–water partition coefficient (Wildman–Crippen LogP) is 1.10. The lowest BCUT2D eigenvalue weighted by molar-refractivity contribution is 0.588. The third kappa shape index (κ3) is 0.586. The zero-order chi connectivity index (χ0) is 6.97. The van der Waals surface area contributed by atoms with Gasteiger partial charge in [0, 0.05) is 12.4 Å². The van der Waals surface area contributed by atoms with Crippen LogP contribution in [-0.2, 0) is 0 Å². The first-order valence-corrected chi connectivity index (χ1v) is 2.81. The van der Waals surface area contributed by atoms with Crippen LogP contribution >= 0.6 is 0 Å². The van der Waals surface area contributed by atoms with Crippen LogP contribution < -0.4 is 0 Å².